The summed E-state index contributed by atoms with van der Waals surface area (Å²) in [7, 11) is -2.14. The minimum absolute atomic E-state index is 0.0993. The van der Waals surface area contributed by atoms with Gasteiger partial charge in [-0.05, 0) is 44.3 Å². The highest BCUT2D eigenvalue weighted by Crippen LogP contribution is 2.32. The number of nitrogens with one attached hydrogen (secondary N) is 2. The minimum atomic E-state index is -3.54. The van der Waals surface area contributed by atoms with Gasteiger partial charge in [0.1, 0.15) is 4.90 Å². The molecule has 21 heavy (non-hydrogen) atoms. The lowest BCUT2D eigenvalue weighted by Crippen LogP contribution is -2.32. The average molecular weight is 332 g/mol. The van der Waals surface area contributed by atoms with Crippen molar-refractivity contribution in [3.8, 4) is 0 Å². The third-order valence-electron chi connectivity index (χ3n) is 3.89. The van der Waals surface area contributed by atoms with E-state index in [1.54, 1.807) is 23.9 Å². The van der Waals surface area contributed by atoms with Gasteiger partial charge in [0.2, 0.25) is 10.0 Å². The van der Waals surface area contributed by atoms with Gasteiger partial charge in [0.05, 0.1) is 5.69 Å². The van der Waals surface area contributed by atoms with Crippen molar-refractivity contribution in [3.05, 3.63) is 18.2 Å². The van der Waals surface area contributed by atoms with Crippen molar-refractivity contribution >= 4 is 33.2 Å². The number of nitrogen functional groups attached to an aromatic ring is 1. The molecule has 0 aliphatic carbocycles. The fourth-order valence-corrected chi connectivity index (χ4v) is 3.87. The maximum Gasteiger partial charge on any atom is 0.242 e. The summed E-state index contributed by atoms with van der Waals surface area (Å²) < 4.78 is 26.6. The SMILES string of the molecule is CCC(CC)(CNc1ccc(N)cc1S(=O)(=O)NC)SC. The van der Waals surface area contributed by atoms with Crippen LogP contribution in [-0.4, -0.2) is 33.0 Å². The Bertz CT molecular complexity index is 561. The van der Waals surface area contributed by atoms with E-state index in [-0.39, 0.29) is 9.64 Å². The molecule has 0 spiro atoms. The van der Waals surface area contributed by atoms with Gasteiger partial charge in [0.15, 0.2) is 0 Å². The van der Waals surface area contributed by atoms with Gasteiger partial charge >= 0.3 is 0 Å². The molecule has 1 aromatic carbocycles. The van der Waals surface area contributed by atoms with E-state index in [9.17, 15) is 8.42 Å². The first-order chi connectivity index (χ1) is 9.84. The lowest BCUT2D eigenvalue weighted by Gasteiger charge is -2.30. The molecule has 5 nitrogen and oxygen atoms in total. The number of nitrogens with two attached hydrogens (primary N) is 1. The van der Waals surface area contributed by atoms with E-state index in [2.05, 4.69) is 30.1 Å². The number of thioether (sulfide) groups is 1. The molecule has 0 amide bonds. The number of hydrogen-bond donors (Lipinski definition) is 3. The van der Waals surface area contributed by atoms with Gasteiger partial charge in [-0.2, -0.15) is 11.8 Å². The van der Waals surface area contributed by atoms with Gasteiger partial charge in [-0.25, -0.2) is 13.1 Å². The molecule has 0 radical (unpaired) electrons. The van der Waals surface area contributed by atoms with Crippen LogP contribution in [0.15, 0.2) is 23.1 Å². The summed E-state index contributed by atoms with van der Waals surface area (Å²) in [4.78, 5) is 0.187. The van der Waals surface area contributed by atoms with Crippen LogP contribution < -0.4 is 15.8 Å². The van der Waals surface area contributed by atoms with Crippen LogP contribution in [0.5, 0.6) is 0 Å². The van der Waals surface area contributed by atoms with Gasteiger partial charge in [0.25, 0.3) is 0 Å². The molecule has 0 heterocycles. The molecule has 0 bridgehead atoms. The monoisotopic (exact) mass is 331 g/mol. The molecule has 0 aromatic heterocycles. The van der Waals surface area contributed by atoms with Gasteiger partial charge in [-0.3, -0.25) is 0 Å². The van der Waals surface area contributed by atoms with Crippen molar-refractivity contribution < 1.29 is 8.42 Å². The molecule has 7 heteroatoms. The zero-order valence-corrected chi connectivity index (χ0v) is 14.7. The Kier molecular flexibility index (Phi) is 6.37. The second-order valence-corrected chi connectivity index (χ2v) is 8.04. The van der Waals surface area contributed by atoms with Crippen LogP contribution in [0.3, 0.4) is 0 Å². The Morgan fingerprint density at radius 1 is 1.29 bits per heavy atom. The number of anilines is 2. The minimum Gasteiger partial charge on any atom is -0.399 e. The van der Waals surface area contributed by atoms with Crippen molar-refractivity contribution in [1.82, 2.24) is 4.72 Å². The van der Waals surface area contributed by atoms with Crippen LogP contribution in [-0.2, 0) is 10.0 Å². The maximum atomic E-state index is 12.1. The first kappa shape index (κ1) is 18.1. The predicted octanol–water partition coefficient (Wildman–Crippen LogP) is 2.51. The van der Waals surface area contributed by atoms with Crippen LogP contribution >= 0.6 is 11.8 Å². The molecule has 4 N–H and O–H groups in total. The standard InChI is InChI=1S/C14H25N3O2S2/c1-5-14(6-2,20-4)10-17-12-8-7-11(15)9-13(12)21(18,19)16-3/h7-9,16-17H,5-6,10,15H2,1-4H3. The van der Waals surface area contributed by atoms with Crippen molar-refractivity contribution in [2.75, 3.05) is 30.9 Å². The fourth-order valence-electron chi connectivity index (χ4n) is 2.13. The van der Waals surface area contributed by atoms with E-state index in [1.807, 2.05) is 0 Å². The van der Waals surface area contributed by atoms with Crippen LogP contribution in [0.1, 0.15) is 26.7 Å². The lowest BCUT2D eigenvalue weighted by atomic mass is 10.0. The largest absolute Gasteiger partial charge is 0.399 e. The predicted molar refractivity (Wildman–Crippen MR) is 92.4 cm³/mol. The lowest BCUT2D eigenvalue weighted by molar-refractivity contribution is 0.573. The molecule has 120 valence electrons. The van der Waals surface area contributed by atoms with Crippen molar-refractivity contribution in [1.29, 1.82) is 0 Å². The second-order valence-electron chi connectivity index (χ2n) is 4.91. The molecule has 0 saturated carbocycles. The second kappa shape index (κ2) is 7.38. The van der Waals surface area contributed by atoms with Crippen molar-refractivity contribution in [3.63, 3.8) is 0 Å². The molecule has 0 atom stereocenters. The van der Waals surface area contributed by atoms with Crippen LogP contribution in [0, 0.1) is 0 Å². The van der Waals surface area contributed by atoms with Crippen molar-refractivity contribution in [2.24, 2.45) is 0 Å². The van der Waals surface area contributed by atoms with E-state index in [0.717, 1.165) is 12.8 Å². The normalized spacial score (nSPS) is 12.4. The zero-order chi connectivity index (χ0) is 16.1. The highest BCUT2D eigenvalue weighted by molar-refractivity contribution is 8.00. The molecule has 0 aliphatic heterocycles. The Morgan fingerprint density at radius 3 is 2.38 bits per heavy atom. The Morgan fingerprint density at radius 2 is 1.90 bits per heavy atom. The first-order valence-electron chi connectivity index (χ1n) is 6.96. The fraction of sp³-hybridized carbons (Fsp3) is 0.571. The van der Waals surface area contributed by atoms with Gasteiger partial charge < -0.3 is 11.1 Å². The van der Waals surface area contributed by atoms with Crippen LogP contribution in [0.2, 0.25) is 0 Å². The van der Waals surface area contributed by atoms with Gasteiger partial charge in [0, 0.05) is 17.0 Å². The third kappa shape index (κ3) is 4.28. The molecule has 0 aliphatic rings. The molecule has 1 aromatic rings. The van der Waals surface area contributed by atoms with Crippen LogP contribution in [0.4, 0.5) is 11.4 Å². The number of sulfonamides is 1. The topological polar surface area (TPSA) is 84.2 Å². The highest BCUT2D eigenvalue weighted by atomic mass is 32.2. The number of rotatable bonds is 8. The Balaban J connectivity index is 3.10. The van der Waals surface area contributed by atoms with Gasteiger partial charge in [-0.15, -0.1) is 0 Å². The van der Waals surface area contributed by atoms with E-state index in [0.29, 0.717) is 17.9 Å². The van der Waals surface area contributed by atoms with E-state index < -0.39 is 10.0 Å². The highest BCUT2D eigenvalue weighted by Gasteiger charge is 2.26. The molecular formula is C14H25N3O2S2. The summed E-state index contributed by atoms with van der Waals surface area (Å²) in [5.41, 5.74) is 6.72. The molecule has 1 rings (SSSR count). The van der Waals surface area contributed by atoms with Crippen LogP contribution in [0.25, 0.3) is 0 Å². The summed E-state index contributed by atoms with van der Waals surface area (Å²) in [5.74, 6) is 0. The molecular weight excluding hydrogens is 306 g/mol. The summed E-state index contributed by atoms with van der Waals surface area (Å²) >= 11 is 1.81. The van der Waals surface area contributed by atoms with Crippen molar-refractivity contribution in [2.45, 2.75) is 36.3 Å². The molecule has 0 saturated heterocycles. The summed E-state index contributed by atoms with van der Waals surface area (Å²) in [6.45, 7) is 5.00. The summed E-state index contributed by atoms with van der Waals surface area (Å²) in [5, 5.41) is 3.28. The van der Waals surface area contributed by atoms with E-state index >= 15 is 0 Å². The molecule has 0 unspecified atom stereocenters. The Hall–Kier alpha value is -0.920. The van der Waals surface area contributed by atoms with E-state index in [4.69, 9.17) is 5.73 Å². The maximum absolute atomic E-state index is 12.1. The zero-order valence-electron chi connectivity index (χ0n) is 13.1. The third-order valence-corrected chi connectivity index (χ3v) is 6.93. The van der Waals surface area contributed by atoms with Gasteiger partial charge in [-0.1, -0.05) is 13.8 Å². The quantitative estimate of drug-likeness (QED) is 0.637. The average Bonchev–Trinajstić information content (AvgIpc) is 2.50. The summed E-state index contributed by atoms with van der Waals surface area (Å²) in [6.07, 6.45) is 4.12. The van der Waals surface area contributed by atoms with E-state index in [1.165, 1.54) is 13.1 Å². The number of hydrogen-bond acceptors (Lipinski definition) is 5. The first-order valence-corrected chi connectivity index (χ1v) is 9.67. The smallest absolute Gasteiger partial charge is 0.242 e. The Labute approximate surface area is 132 Å². The summed E-state index contributed by atoms with van der Waals surface area (Å²) in [6, 6.07) is 4.90. The number of benzene rings is 1. The molecule has 0 fully saturated rings.